The molecule has 1 amide bonds. The standard InChI is InChI=1S/C18H24N6O/c1-13-8-20-15(9-19-13)18(25)24-11-16-17(22(2)12-21-16)7-14(24)10-23-5-3-4-6-23/h8-9,12,14H,3-7,10-11H2,1-2H3/t14-/m0/s1. The fourth-order valence-electron chi connectivity index (χ4n) is 3.84. The summed E-state index contributed by atoms with van der Waals surface area (Å²) >= 11 is 0. The first-order chi connectivity index (χ1) is 12.1. The van der Waals surface area contributed by atoms with Crippen LogP contribution in [0.2, 0.25) is 0 Å². The molecule has 2 aliphatic rings. The molecule has 2 aromatic heterocycles. The molecular weight excluding hydrogens is 316 g/mol. The lowest BCUT2D eigenvalue weighted by Gasteiger charge is -2.37. The zero-order valence-corrected chi connectivity index (χ0v) is 14.9. The maximum absolute atomic E-state index is 13.1. The molecule has 0 aromatic carbocycles. The van der Waals surface area contributed by atoms with E-state index in [1.165, 1.54) is 18.5 Å². The van der Waals surface area contributed by atoms with Crippen molar-refractivity contribution in [3.63, 3.8) is 0 Å². The predicted molar refractivity (Wildman–Crippen MR) is 93.0 cm³/mol. The Balaban J connectivity index is 1.61. The van der Waals surface area contributed by atoms with Crippen LogP contribution in [0.4, 0.5) is 0 Å². The van der Waals surface area contributed by atoms with Gasteiger partial charge in [0.15, 0.2) is 0 Å². The number of likely N-dealkylation sites (tertiary alicyclic amines) is 1. The van der Waals surface area contributed by atoms with Crippen molar-refractivity contribution in [2.24, 2.45) is 7.05 Å². The van der Waals surface area contributed by atoms with Crippen LogP contribution >= 0.6 is 0 Å². The Labute approximate surface area is 147 Å². The third-order valence-electron chi connectivity index (χ3n) is 5.26. The maximum atomic E-state index is 13.1. The molecule has 0 unspecified atom stereocenters. The number of imidazole rings is 1. The number of aromatic nitrogens is 4. The van der Waals surface area contributed by atoms with Crippen LogP contribution in [0.1, 0.15) is 40.4 Å². The van der Waals surface area contributed by atoms with Crippen LogP contribution in [0.3, 0.4) is 0 Å². The Kier molecular flexibility index (Phi) is 4.25. The normalized spacial score (nSPS) is 20.7. The zero-order chi connectivity index (χ0) is 17.4. The van der Waals surface area contributed by atoms with Crippen molar-refractivity contribution in [3.05, 3.63) is 41.5 Å². The first kappa shape index (κ1) is 16.2. The minimum Gasteiger partial charge on any atom is -0.337 e. The highest BCUT2D eigenvalue weighted by atomic mass is 16.2. The van der Waals surface area contributed by atoms with E-state index in [1.54, 1.807) is 12.4 Å². The minimum atomic E-state index is -0.0481. The van der Waals surface area contributed by atoms with E-state index in [2.05, 4.69) is 24.4 Å². The summed E-state index contributed by atoms with van der Waals surface area (Å²) in [5.74, 6) is -0.0481. The van der Waals surface area contributed by atoms with E-state index in [0.717, 1.165) is 37.4 Å². The van der Waals surface area contributed by atoms with Crippen molar-refractivity contribution >= 4 is 5.91 Å². The molecule has 0 bridgehead atoms. The molecule has 4 heterocycles. The number of carbonyl (C=O) groups is 1. The molecule has 0 radical (unpaired) electrons. The fourth-order valence-corrected chi connectivity index (χ4v) is 3.84. The van der Waals surface area contributed by atoms with Gasteiger partial charge in [0.1, 0.15) is 5.69 Å². The first-order valence-electron chi connectivity index (χ1n) is 8.93. The SMILES string of the molecule is Cc1cnc(C(=O)N2Cc3ncn(C)c3C[C@H]2CN2CCCC2)cn1. The summed E-state index contributed by atoms with van der Waals surface area (Å²) in [7, 11) is 2.03. The summed E-state index contributed by atoms with van der Waals surface area (Å²) in [6.45, 7) is 5.58. The van der Waals surface area contributed by atoms with Crippen molar-refractivity contribution in [2.45, 2.75) is 38.8 Å². The average Bonchev–Trinajstić information content (AvgIpc) is 3.25. The van der Waals surface area contributed by atoms with Crippen molar-refractivity contribution in [1.82, 2.24) is 29.3 Å². The van der Waals surface area contributed by atoms with E-state index < -0.39 is 0 Å². The van der Waals surface area contributed by atoms with E-state index in [1.807, 2.05) is 25.2 Å². The summed E-state index contributed by atoms with van der Waals surface area (Å²) in [6.07, 6.45) is 8.42. The van der Waals surface area contributed by atoms with E-state index in [0.29, 0.717) is 12.2 Å². The van der Waals surface area contributed by atoms with Crippen LogP contribution in [-0.4, -0.2) is 60.9 Å². The van der Waals surface area contributed by atoms with Gasteiger partial charge in [0.05, 0.1) is 36.5 Å². The summed E-state index contributed by atoms with van der Waals surface area (Å²) in [5, 5.41) is 0. The molecule has 25 heavy (non-hydrogen) atoms. The van der Waals surface area contributed by atoms with Gasteiger partial charge in [0.25, 0.3) is 5.91 Å². The van der Waals surface area contributed by atoms with Crippen molar-refractivity contribution in [1.29, 1.82) is 0 Å². The first-order valence-corrected chi connectivity index (χ1v) is 8.93. The van der Waals surface area contributed by atoms with Crippen molar-refractivity contribution in [2.75, 3.05) is 19.6 Å². The minimum absolute atomic E-state index is 0.0481. The monoisotopic (exact) mass is 340 g/mol. The van der Waals surface area contributed by atoms with Gasteiger partial charge in [-0.25, -0.2) is 9.97 Å². The number of amides is 1. The third kappa shape index (κ3) is 3.16. The molecule has 4 rings (SSSR count). The Morgan fingerprint density at radius 1 is 1.20 bits per heavy atom. The second kappa shape index (κ2) is 6.55. The van der Waals surface area contributed by atoms with E-state index in [9.17, 15) is 4.79 Å². The van der Waals surface area contributed by atoms with Crippen LogP contribution < -0.4 is 0 Å². The predicted octanol–water partition coefficient (Wildman–Crippen LogP) is 1.18. The molecule has 0 saturated carbocycles. The van der Waals surface area contributed by atoms with Gasteiger partial charge in [0.2, 0.25) is 0 Å². The molecule has 0 aliphatic carbocycles. The van der Waals surface area contributed by atoms with Crippen LogP contribution in [-0.2, 0) is 20.0 Å². The number of aryl methyl sites for hydroxylation is 2. The number of fused-ring (bicyclic) bond motifs is 1. The zero-order valence-electron chi connectivity index (χ0n) is 14.9. The average molecular weight is 340 g/mol. The lowest BCUT2D eigenvalue weighted by molar-refractivity contribution is 0.0580. The second-order valence-electron chi connectivity index (χ2n) is 7.09. The summed E-state index contributed by atoms with van der Waals surface area (Å²) in [4.78, 5) is 30.5. The topological polar surface area (TPSA) is 67.2 Å². The molecule has 2 aromatic rings. The highest BCUT2D eigenvalue weighted by Gasteiger charge is 2.34. The summed E-state index contributed by atoms with van der Waals surface area (Å²) in [6, 6.07) is 0.150. The molecule has 0 spiro atoms. The van der Waals surface area contributed by atoms with Crippen LogP contribution in [0.25, 0.3) is 0 Å². The van der Waals surface area contributed by atoms with Crippen LogP contribution in [0.15, 0.2) is 18.7 Å². The quantitative estimate of drug-likeness (QED) is 0.839. The summed E-state index contributed by atoms with van der Waals surface area (Å²) < 4.78 is 2.08. The molecule has 7 heteroatoms. The van der Waals surface area contributed by atoms with Crippen LogP contribution in [0, 0.1) is 6.92 Å². The molecule has 0 N–H and O–H groups in total. The van der Waals surface area contributed by atoms with E-state index in [4.69, 9.17) is 0 Å². The number of hydrogen-bond acceptors (Lipinski definition) is 5. The van der Waals surface area contributed by atoms with Gasteiger partial charge >= 0.3 is 0 Å². The molecule has 1 saturated heterocycles. The van der Waals surface area contributed by atoms with E-state index in [-0.39, 0.29) is 11.9 Å². The molecule has 1 atom stereocenters. The Morgan fingerprint density at radius 2 is 2.00 bits per heavy atom. The molecule has 1 fully saturated rings. The molecule has 132 valence electrons. The van der Waals surface area contributed by atoms with Gasteiger partial charge < -0.3 is 14.4 Å². The largest absolute Gasteiger partial charge is 0.337 e. The highest BCUT2D eigenvalue weighted by molar-refractivity contribution is 5.92. The smallest absolute Gasteiger partial charge is 0.274 e. The van der Waals surface area contributed by atoms with Gasteiger partial charge in [-0.15, -0.1) is 0 Å². The number of nitrogens with zero attached hydrogens (tertiary/aromatic N) is 6. The third-order valence-corrected chi connectivity index (χ3v) is 5.26. The molecular formula is C18H24N6O. The Bertz CT molecular complexity index is 762. The number of rotatable bonds is 3. The molecule has 7 nitrogen and oxygen atoms in total. The Morgan fingerprint density at radius 3 is 2.72 bits per heavy atom. The fraction of sp³-hybridized carbons (Fsp3) is 0.556. The summed E-state index contributed by atoms with van der Waals surface area (Å²) in [5.41, 5.74) is 3.46. The lowest BCUT2D eigenvalue weighted by atomic mass is 10.0. The van der Waals surface area contributed by atoms with E-state index >= 15 is 0 Å². The lowest BCUT2D eigenvalue weighted by Crippen LogP contribution is -2.50. The maximum Gasteiger partial charge on any atom is 0.274 e. The number of carbonyl (C=O) groups excluding carboxylic acids is 1. The van der Waals surface area contributed by atoms with Crippen LogP contribution in [0.5, 0.6) is 0 Å². The van der Waals surface area contributed by atoms with Crippen molar-refractivity contribution in [3.8, 4) is 0 Å². The second-order valence-corrected chi connectivity index (χ2v) is 7.09. The molecule has 2 aliphatic heterocycles. The highest BCUT2D eigenvalue weighted by Crippen LogP contribution is 2.25. The van der Waals surface area contributed by atoms with Gasteiger partial charge in [-0.05, 0) is 32.9 Å². The van der Waals surface area contributed by atoms with Gasteiger partial charge in [-0.3, -0.25) is 9.78 Å². The van der Waals surface area contributed by atoms with Crippen molar-refractivity contribution < 1.29 is 4.79 Å². The number of hydrogen-bond donors (Lipinski definition) is 0. The van der Waals surface area contributed by atoms with Gasteiger partial charge in [-0.1, -0.05) is 0 Å². The van der Waals surface area contributed by atoms with Gasteiger partial charge in [0, 0.05) is 31.9 Å². The Hall–Kier alpha value is -2.28. The van der Waals surface area contributed by atoms with Gasteiger partial charge in [-0.2, -0.15) is 0 Å².